The van der Waals surface area contributed by atoms with Crippen molar-refractivity contribution in [1.82, 2.24) is 5.32 Å². The van der Waals surface area contributed by atoms with Gasteiger partial charge in [-0.1, -0.05) is 15.9 Å². The maximum Gasteiger partial charge on any atom is 0.252 e. The smallest absolute Gasteiger partial charge is 0.252 e. The predicted molar refractivity (Wildman–Crippen MR) is 74.0 cm³/mol. The zero-order valence-corrected chi connectivity index (χ0v) is 12.2. The fourth-order valence-corrected chi connectivity index (χ4v) is 2.08. The molecule has 5 heteroatoms. The normalized spacial score (nSPS) is 9.56. The van der Waals surface area contributed by atoms with Crippen molar-refractivity contribution in [2.75, 3.05) is 6.54 Å². The van der Waals surface area contributed by atoms with Gasteiger partial charge in [0.15, 0.2) is 0 Å². The Balaban J connectivity index is 2.59. The predicted octanol–water partition coefficient (Wildman–Crippen LogP) is 3.09. The zero-order chi connectivity index (χ0) is 12.0. The highest BCUT2D eigenvalue weighted by Crippen LogP contribution is 2.18. The summed E-state index contributed by atoms with van der Waals surface area (Å²) >= 11 is 5.46. The summed E-state index contributed by atoms with van der Waals surface area (Å²) in [7, 11) is 0. The van der Waals surface area contributed by atoms with E-state index >= 15 is 0 Å². The molecule has 0 spiro atoms. The monoisotopic (exact) mass is 392 g/mol. The van der Waals surface area contributed by atoms with Gasteiger partial charge in [-0.2, -0.15) is 5.26 Å². The Labute approximate surface area is 116 Å². The van der Waals surface area contributed by atoms with Crippen LogP contribution in [0.4, 0.5) is 0 Å². The van der Waals surface area contributed by atoms with E-state index in [1.165, 1.54) is 0 Å². The van der Waals surface area contributed by atoms with Crippen molar-refractivity contribution in [2.24, 2.45) is 0 Å². The summed E-state index contributed by atoms with van der Waals surface area (Å²) in [4.78, 5) is 11.8. The molecule has 0 aliphatic carbocycles. The summed E-state index contributed by atoms with van der Waals surface area (Å²) in [6.07, 6.45) is 1.16. The van der Waals surface area contributed by atoms with E-state index in [1.54, 1.807) is 6.07 Å². The Morgan fingerprint density at radius 1 is 1.56 bits per heavy atom. The number of halogens is 2. The van der Waals surface area contributed by atoms with Gasteiger partial charge in [0, 0.05) is 21.0 Å². The average molecular weight is 393 g/mol. The van der Waals surface area contributed by atoms with Crippen LogP contribution in [0.3, 0.4) is 0 Å². The van der Waals surface area contributed by atoms with E-state index in [0.29, 0.717) is 24.9 Å². The summed E-state index contributed by atoms with van der Waals surface area (Å²) in [6.45, 7) is 0.537. The fraction of sp³-hybridized carbons (Fsp3) is 0.273. The minimum atomic E-state index is -0.0939. The molecule has 0 fully saturated rings. The first-order chi connectivity index (χ1) is 7.65. The molecule has 1 aromatic rings. The molecule has 16 heavy (non-hydrogen) atoms. The molecule has 0 heterocycles. The van der Waals surface area contributed by atoms with Crippen LogP contribution in [0.5, 0.6) is 0 Å². The minimum Gasteiger partial charge on any atom is -0.352 e. The number of nitriles is 1. The van der Waals surface area contributed by atoms with Crippen molar-refractivity contribution < 1.29 is 4.79 Å². The van der Waals surface area contributed by atoms with Crippen molar-refractivity contribution >= 4 is 44.4 Å². The van der Waals surface area contributed by atoms with Gasteiger partial charge < -0.3 is 5.32 Å². The number of hydrogen-bond acceptors (Lipinski definition) is 2. The number of nitrogens with zero attached hydrogens (tertiary/aromatic N) is 1. The number of benzene rings is 1. The molecule has 0 bridgehead atoms. The molecule has 0 unspecified atom stereocenters. The third-order valence-corrected chi connectivity index (χ3v) is 3.36. The Kier molecular flexibility index (Phi) is 5.77. The molecule has 84 valence electrons. The van der Waals surface area contributed by atoms with Gasteiger partial charge in [0.05, 0.1) is 11.6 Å². The Hall–Kier alpha value is -0.610. The SMILES string of the molecule is N#CCCCNC(=O)c1cc(Br)ccc1I. The molecule has 1 rings (SSSR count). The largest absolute Gasteiger partial charge is 0.352 e. The van der Waals surface area contributed by atoms with Gasteiger partial charge >= 0.3 is 0 Å². The molecule has 0 saturated heterocycles. The number of hydrogen-bond donors (Lipinski definition) is 1. The van der Waals surface area contributed by atoms with Crippen LogP contribution >= 0.6 is 38.5 Å². The lowest BCUT2D eigenvalue weighted by Crippen LogP contribution is -2.25. The first-order valence-corrected chi connectivity index (χ1v) is 6.62. The minimum absolute atomic E-state index is 0.0939. The quantitative estimate of drug-likeness (QED) is 0.632. The molecular formula is C11H10BrIN2O. The third-order valence-electron chi connectivity index (χ3n) is 1.92. The molecule has 0 aromatic heterocycles. The first-order valence-electron chi connectivity index (χ1n) is 4.75. The molecule has 0 aliphatic rings. The summed E-state index contributed by atoms with van der Waals surface area (Å²) in [5.74, 6) is -0.0939. The van der Waals surface area contributed by atoms with Crippen LogP contribution in [0.2, 0.25) is 0 Å². The standard InChI is InChI=1S/C11H10BrIN2O/c12-8-3-4-10(13)9(7-8)11(16)15-6-2-1-5-14/h3-4,7H,1-2,6H2,(H,15,16). The number of rotatable bonds is 4. The second kappa shape index (κ2) is 6.86. The Morgan fingerprint density at radius 3 is 3.00 bits per heavy atom. The maximum atomic E-state index is 11.8. The van der Waals surface area contributed by atoms with Crippen LogP contribution in [-0.2, 0) is 0 Å². The number of carbonyl (C=O) groups excluding carboxylic acids is 1. The van der Waals surface area contributed by atoms with Crippen LogP contribution in [0.1, 0.15) is 23.2 Å². The zero-order valence-electron chi connectivity index (χ0n) is 8.46. The number of nitrogens with one attached hydrogen (secondary N) is 1. The van der Waals surface area contributed by atoms with Crippen LogP contribution in [0.25, 0.3) is 0 Å². The van der Waals surface area contributed by atoms with Crippen molar-refractivity contribution in [1.29, 1.82) is 5.26 Å². The highest BCUT2D eigenvalue weighted by atomic mass is 127. The van der Waals surface area contributed by atoms with Gasteiger partial charge in [-0.25, -0.2) is 0 Å². The van der Waals surface area contributed by atoms with Crippen LogP contribution < -0.4 is 5.32 Å². The molecule has 1 N–H and O–H groups in total. The highest BCUT2D eigenvalue weighted by molar-refractivity contribution is 14.1. The Morgan fingerprint density at radius 2 is 2.31 bits per heavy atom. The molecule has 0 radical (unpaired) electrons. The molecule has 1 aromatic carbocycles. The number of unbranched alkanes of at least 4 members (excludes halogenated alkanes) is 1. The van der Waals surface area contributed by atoms with Crippen molar-refractivity contribution in [3.8, 4) is 6.07 Å². The lowest BCUT2D eigenvalue weighted by Gasteiger charge is -2.06. The topological polar surface area (TPSA) is 52.9 Å². The van der Waals surface area contributed by atoms with E-state index in [-0.39, 0.29) is 5.91 Å². The lowest BCUT2D eigenvalue weighted by molar-refractivity contribution is 0.0952. The first kappa shape index (κ1) is 13.5. The Bertz CT molecular complexity index is 428. The van der Waals surface area contributed by atoms with Gasteiger partial charge in [-0.05, 0) is 47.2 Å². The van der Waals surface area contributed by atoms with Gasteiger partial charge in [0.2, 0.25) is 0 Å². The number of carbonyl (C=O) groups is 1. The van der Waals surface area contributed by atoms with Crippen molar-refractivity contribution in [3.63, 3.8) is 0 Å². The second-order valence-electron chi connectivity index (χ2n) is 3.14. The van der Waals surface area contributed by atoms with Crippen LogP contribution in [0.15, 0.2) is 22.7 Å². The van der Waals surface area contributed by atoms with E-state index in [2.05, 4.69) is 43.8 Å². The molecular weight excluding hydrogens is 383 g/mol. The summed E-state index contributed by atoms with van der Waals surface area (Å²) in [6, 6.07) is 7.62. The highest BCUT2D eigenvalue weighted by Gasteiger charge is 2.09. The lowest BCUT2D eigenvalue weighted by atomic mass is 10.2. The van der Waals surface area contributed by atoms with E-state index < -0.39 is 0 Å². The van der Waals surface area contributed by atoms with Crippen LogP contribution in [0, 0.1) is 14.9 Å². The van der Waals surface area contributed by atoms with Gasteiger partial charge in [-0.15, -0.1) is 0 Å². The summed E-state index contributed by atoms with van der Waals surface area (Å²) in [5, 5.41) is 11.1. The molecule has 0 saturated carbocycles. The van der Waals surface area contributed by atoms with E-state index in [9.17, 15) is 4.79 Å². The van der Waals surface area contributed by atoms with Crippen LogP contribution in [-0.4, -0.2) is 12.5 Å². The average Bonchev–Trinajstić information content (AvgIpc) is 2.27. The van der Waals surface area contributed by atoms with Gasteiger partial charge in [0.25, 0.3) is 5.91 Å². The second-order valence-corrected chi connectivity index (χ2v) is 5.22. The summed E-state index contributed by atoms with van der Waals surface area (Å²) < 4.78 is 1.80. The molecule has 1 amide bonds. The summed E-state index contributed by atoms with van der Waals surface area (Å²) in [5.41, 5.74) is 0.659. The maximum absolute atomic E-state index is 11.8. The van der Waals surface area contributed by atoms with E-state index in [1.807, 2.05) is 18.2 Å². The molecule has 0 aliphatic heterocycles. The molecule has 3 nitrogen and oxygen atoms in total. The fourth-order valence-electron chi connectivity index (χ4n) is 1.14. The third kappa shape index (κ3) is 4.10. The number of amides is 1. The van der Waals surface area contributed by atoms with Crippen molar-refractivity contribution in [3.05, 3.63) is 31.8 Å². The van der Waals surface area contributed by atoms with E-state index in [0.717, 1.165) is 8.04 Å². The van der Waals surface area contributed by atoms with Crippen molar-refractivity contribution in [2.45, 2.75) is 12.8 Å². The van der Waals surface area contributed by atoms with E-state index in [4.69, 9.17) is 5.26 Å². The molecule has 0 atom stereocenters. The van der Waals surface area contributed by atoms with Gasteiger partial charge in [-0.3, -0.25) is 4.79 Å². The van der Waals surface area contributed by atoms with Gasteiger partial charge in [0.1, 0.15) is 0 Å².